The van der Waals surface area contributed by atoms with Crippen molar-refractivity contribution in [3.05, 3.63) is 24.3 Å². The van der Waals surface area contributed by atoms with E-state index in [0.717, 1.165) is 70.6 Å². The molecule has 6 nitrogen and oxygen atoms in total. The van der Waals surface area contributed by atoms with E-state index >= 15 is 0 Å². The van der Waals surface area contributed by atoms with Gasteiger partial charge in [0.1, 0.15) is 13.2 Å². The number of carbonyl (C=O) groups excluding carboxylic acids is 3. The third-order valence-corrected chi connectivity index (χ3v) is 13.7. The summed E-state index contributed by atoms with van der Waals surface area (Å²) in [6, 6.07) is 0. The molecule has 0 saturated heterocycles. The van der Waals surface area contributed by atoms with Gasteiger partial charge in [-0.25, -0.2) is 0 Å². The van der Waals surface area contributed by atoms with E-state index in [-0.39, 0.29) is 31.1 Å². The fourth-order valence-corrected chi connectivity index (χ4v) is 9.08. The van der Waals surface area contributed by atoms with Gasteiger partial charge in [0, 0.05) is 19.3 Å². The summed E-state index contributed by atoms with van der Waals surface area (Å²) in [5.74, 6) is -0.874. The van der Waals surface area contributed by atoms with Crippen molar-refractivity contribution in [1.29, 1.82) is 0 Å². The largest absolute Gasteiger partial charge is 0.462 e. The van der Waals surface area contributed by atoms with E-state index in [1.165, 1.54) is 225 Å². The Labute approximate surface area is 423 Å². The predicted octanol–water partition coefficient (Wildman–Crippen LogP) is 20.3. The van der Waals surface area contributed by atoms with Crippen molar-refractivity contribution in [2.75, 3.05) is 13.2 Å². The van der Waals surface area contributed by atoms with Gasteiger partial charge in [0.05, 0.1) is 0 Å². The van der Waals surface area contributed by atoms with Gasteiger partial charge in [0.15, 0.2) is 6.10 Å². The van der Waals surface area contributed by atoms with Crippen LogP contribution in [0.25, 0.3) is 0 Å². The molecule has 0 radical (unpaired) electrons. The molecule has 0 rings (SSSR count). The summed E-state index contributed by atoms with van der Waals surface area (Å²) in [6.07, 6.45) is 67.7. The lowest BCUT2D eigenvalue weighted by atomic mass is 10.0. The molecule has 0 fully saturated rings. The zero-order valence-electron chi connectivity index (χ0n) is 45.9. The lowest BCUT2D eigenvalue weighted by Crippen LogP contribution is -2.30. The Morgan fingerprint density at radius 2 is 0.485 bits per heavy atom. The van der Waals surface area contributed by atoms with Crippen LogP contribution in [-0.4, -0.2) is 37.2 Å². The van der Waals surface area contributed by atoms with Gasteiger partial charge in [-0.05, 0) is 70.6 Å². The summed E-state index contributed by atoms with van der Waals surface area (Å²) in [5.41, 5.74) is 0. The van der Waals surface area contributed by atoms with Gasteiger partial charge < -0.3 is 14.2 Å². The summed E-state index contributed by atoms with van der Waals surface area (Å²) >= 11 is 0. The summed E-state index contributed by atoms with van der Waals surface area (Å²) in [6.45, 7) is 6.62. The Hall–Kier alpha value is -2.11. The Kier molecular flexibility index (Phi) is 55.7. The average Bonchev–Trinajstić information content (AvgIpc) is 3.34. The number of allylic oxidation sites excluding steroid dienone is 4. The van der Waals surface area contributed by atoms with Crippen molar-refractivity contribution < 1.29 is 28.6 Å². The minimum absolute atomic E-state index is 0.0731. The monoisotopic (exact) mass is 957 g/mol. The normalized spacial score (nSPS) is 12.1. The Morgan fingerprint density at radius 3 is 0.765 bits per heavy atom. The highest BCUT2D eigenvalue weighted by Gasteiger charge is 2.19. The van der Waals surface area contributed by atoms with E-state index in [9.17, 15) is 14.4 Å². The summed E-state index contributed by atoms with van der Waals surface area (Å²) in [4.78, 5) is 38.1. The maximum Gasteiger partial charge on any atom is 0.306 e. The van der Waals surface area contributed by atoms with Gasteiger partial charge in [-0.2, -0.15) is 0 Å². The van der Waals surface area contributed by atoms with Crippen molar-refractivity contribution in [1.82, 2.24) is 0 Å². The number of carbonyl (C=O) groups is 3. The molecule has 0 aromatic carbocycles. The first kappa shape index (κ1) is 65.9. The quantitative estimate of drug-likeness (QED) is 0.0262. The van der Waals surface area contributed by atoms with Gasteiger partial charge in [0.25, 0.3) is 0 Å². The van der Waals surface area contributed by atoms with Gasteiger partial charge >= 0.3 is 17.9 Å². The highest BCUT2D eigenvalue weighted by atomic mass is 16.6. The molecule has 1 unspecified atom stereocenters. The maximum atomic E-state index is 12.8. The molecule has 0 saturated carbocycles. The van der Waals surface area contributed by atoms with E-state index in [4.69, 9.17) is 14.2 Å². The molecule has 0 amide bonds. The molecular weight excluding hydrogens is 841 g/mol. The van der Waals surface area contributed by atoms with Crippen molar-refractivity contribution in [3.8, 4) is 0 Å². The van der Waals surface area contributed by atoms with Crippen molar-refractivity contribution in [3.63, 3.8) is 0 Å². The van der Waals surface area contributed by atoms with Crippen LogP contribution >= 0.6 is 0 Å². The molecule has 0 aliphatic heterocycles. The van der Waals surface area contributed by atoms with Crippen LogP contribution in [0.3, 0.4) is 0 Å². The predicted molar refractivity (Wildman–Crippen MR) is 293 cm³/mol. The zero-order valence-corrected chi connectivity index (χ0v) is 45.9. The van der Waals surface area contributed by atoms with Gasteiger partial charge in [-0.1, -0.05) is 270 Å². The number of hydrogen-bond acceptors (Lipinski definition) is 6. The first-order valence-corrected chi connectivity index (χ1v) is 30.3. The fraction of sp³-hybridized carbons (Fsp3) is 0.887. The standard InChI is InChI=1S/C62H116O6/c1-4-7-10-13-16-19-22-25-26-27-28-29-30-31-32-33-34-35-36-37-38-41-43-46-49-52-55-61(64)67-58-59(68-62(65)56-53-50-47-44-40-24-21-18-15-12-9-6-3)57-66-60(63)54-51-48-45-42-39-23-20-17-14-11-8-5-2/h17-18,20-21,59H,4-16,19,22-58H2,1-3H3/b20-17-,21-18-. The van der Waals surface area contributed by atoms with E-state index in [2.05, 4.69) is 45.1 Å². The average molecular weight is 958 g/mol. The van der Waals surface area contributed by atoms with Crippen LogP contribution in [0.5, 0.6) is 0 Å². The molecule has 0 heterocycles. The van der Waals surface area contributed by atoms with Gasteiger partial charge in [0.2, 0.25) is 0 Å². The first-order chi connectivity index (χ1) is 33.5. The van der Waals surface area contributed by atoms with Gasteiger partial charge in [-0.15, -0.1) is 0 Å². The third kappa shape index (κ3) is 54.8. The molecule has 400 valence electrons. The molecule has 1 atom stereocenters. The van der Waals surface area contributed by atoms with E-state index in [0.29, 0.717) is 19.3 Å². The van der Waals surface area contributed by atoms with E-state index in [1.54, 1.807) is 0 Å². The molecule has 0 aromatic heterocycles. The minimum Gasteiger partial charge on any atom is -0.462 e. The van der Waals surface area contributed by atoms with Gasteiger partial charge in [-0.3, -0.25) is 14.4 Å². The summed E-state index contributed by atoms with van der Waals surface area (Å²) in [7, 11) is 0. The molecule has 0 aliphatic rings. The number of unbranched alkanes of at least 4 members (excludes halogenated alkanes) is 41. The molecule has 0 spiro atoms. The third-order valence-electron chi connectivity index (χ3n) is 13.7. The number of ether oxygens (including phenoxy) is 3. The highest BCUT2D eigenvalue weighted by Crippen LogP contribution is 2.17. The number of esters is 3. The second-order valence-electron chi connectivity index (χ2n) is 20.6. The zero-order chi connectivity index (χ0) is 49.3. The Balaban J connectivity index is 4.13. The topological polar surface area (TPSA) is 78.9 Å². The summed E-state index contributed by atoms with van der Waals surface area (Å²) in [5, 5.41) is 0. The highest BCUT2D eigenvalue weighted by molar-refractivity contribution is 5.71. The molecular formula is C62H116O6. The van der Waals surface area contributed by atoms with Crippen LogP contribution in [0.2, 0.25) is 0 Å². The van der Waals surface area contributed by atoms with Crippen LogP contribution in [0.1, 0.15) is 335 Å². The first-order valence-electron chi connectivity index (χ1n) is 30.3. The Bertz CT molecular complexity index is 1100. The summed E-state index contributed by atoms with van der Waals surface area (Å²) < 4.78 is 16.8. The molecule has 68 heavy (non-hydrogen) atoms. The van der Waals surface area contributed by atoms with Crippen molar-refractivity contribution in [2.45, 2.75) is 341 Å². The molecule has 0 N–H and O–H groups in total. The lowest BCUT2D eigenvalue weighted by Gasteiger charge is -2.18. The van der Waals surface area contributed by atoms with E-state index in [1.807, 2.05) is 0 Å². The maximum absolute atomic E-state index is 12.8. The van der Waals surface area contributed by atoms with Crippen LogP contribution < -0.4 is 0 Å². The van der Waals surface area contributed by atoms with Crippen LogP contribution in [-0.2, 0) is 28.6 Å². The molecule has 0 bridgehead atoms. The molecule has 6 heteroatoms. The number of rotatable bonds is 56. The van der Waals surface area contributed by atoms with Crippen molar-refractivity contribution >= 4 is 17.9 Å². The van der Waals surface area contributed by atoms with Crippen LogP contribution in [0.4, 0.5) is 0 Å². The van der Waals surface area contributed by atoms with Crippen LogP contribution in [0.15, 0.2) is 24.3 Å². The minimum atomic E-state index is -0.775. The lowest BCUT2D eigenvalue weighted by molar-refractivity contribution is -0.167. The smallest absolute Gasteiger partial charge is 0.306 e. The molecule has 0 aliphatic carbocycles. The van der Waals surface area contributed by atoms with Crippen LogP contribution in [0, 0.1) is 0 Å². The van der Waals surface area contributed by atoms with E-state index < -0.39 is 6.10 Å². The SMILES string of the molecule is CCCCC/C=C\CCCCCCCC(=O)OCC(COC(=O)CCCCCCCCCCCCCCCCCCCCCCCCCCCC)OC(=O)CCCCCCC/C=C\CCCCC. The second kappa shape index (κ2) is 57.5. The number of hydrogen-bond donors (Lipinski definition) is 0. The van der Waals surface area contributed by atoms with Crippen molar-refractivity contribution in [2.24, 2.45) is 0 Å². The molecule has 0 aromatic rings. The Morgan fingerprint density at radius 1 is 0.279 bits per heavy atom. The fourth-order valence-electron chi connectivity index (χ4n) is 9.08. The second-order valence-corrected chi connectivity index (χ2v) is 20.6.